The lowest BCUT2D eigenvalue weighted by molar-refractivity contribution is -0.140. The van der Waals surface area contributed by atoms with E-state index in [-0.39, 0.29) is 18.5 Å². The topological polar surface area (TPSA) is 99.2 Å². The van der Waals surface area contributed by atoms with Crippen molar-refractivity contribution >= 4 is 38.6 Å². The zero-order valence-corrected chi connectivity index (χ0v) is 36.2. The average Bonchev–Trinajstić information content (AvgIpc) is 3.71. The smallest absolute Gasteiger partial charge is 0.330 e. The lowest BCUT2D eigenvalue weighted by Gasteiger charge is -2.30. The Hall–Kier alpha value is -4.41. The fourth-order valence-electron chi connectivity index (χ4n) is 8.48. The molecule has 0 spiro atoms. The molecule has 59 heavy (non-hydrogen) atoms. The van der Waals surface area contributed by atoms with Gasteiger partial charge in [-0.05, 0) is 124 Å². The van der Waals surface area contributed by atoms with Crippen molar-refractivity contribution in [1.29, 1.82) is 0 Å². The van der Waals surface area contributed by atoms with E-state index in [1.54, 1.807) is 35.6 Å². The first-order chi connectivity index (χ1) is 28.9. The summed E-state index contributed by atoms with van der Waals surface area (Å²) in [5, 5.41) is 3.28. The molecule has 0 unspecified atom stereocenters. The summed E-state index contributed by atoms with van der Waals surface area (Å²) in [7, 11) is 0. The van der Waals surface area contributed by atoms with Crippen LogP contribution in [-0.2, 0) is 20.9 Å². The van der Waals surface area contributed by atoms with Gasteiger partial charge in [0, 0.05) is 31.1 Å². The predicted molar refractivity (Wildman–Crippen MR) is 238 cm³/mol. The van der Waals surface area contributed by atoms with Gasteiger partial charge in [0.2, 0.25) is 5.13 Å². The molecule has 1 aromatic heterocycles. The molecule has 0 aliphatic heterocycles. The minimum Gasteiger partial charge on any atom is -0.493 e. The van der Waals surface area contributed by atoms with Gasteiger partial charge in [0.1, 0.15) is 17.2 Å². The summed E-state index contributed by atoms with van der Waals surface area (Å²) >= 11 is 1.74. The monoisotopic (exact) mass is 823 g/mol. The van der Waals surface area contributed by atoms with Crippen molar-refractivity contribution in [3.05, 3.63) is 90.5 Å². The average molecular weight is 824 g/mol. The van der Waals surface area contributed by atoms with Gasteiger partial charge in [-0.3, -0.25) is 9.80 Å². The molecule has 1 heterocycles. The zero-order chi connectivity index (χ0) is 41.2. The Morgan fingerprint density at radius 2 is 1.59 bits per heavy atom. The Balaban J connectivity index is 1.04. The van der Waals surface area contributed by atoms with E-state index in [4.69, 9.17) is 23.9 Å². The van der Waals surface area contributed by atoms with Gasteiger partial charge in [0.05, 0.1) is 36.0 Å². The van der Waals surface area contributed by atoms with Crippen LogP contribution in [0.25, 0.3) is 10.2 Å². The molecule has 318 valence electrons. The standard InChI is InChI=1S/C49H65N3O6S/c1-4-7-8-11-30-52(49-51-44-14-9-10-15-46(44)59-49)50-34-41-33-40(38-20-16-36(13-5-2)17-21-38)24-29-45(41)57-35-37-18-22-39(23-19-37)48(54)58-43-27-25-42(26-28-43)55-31-12-32-56-47(53)6-3/h6,9-10,14-15,24-29,33,36-39,50H,3-5,7-8,11-13,16-23,30-32,34-35H2,1-2H3. The number of para-hydroxylation sites is 1. The highest BCUT2D eigenvalue weighted by molar-refractivity contribution is 7.22. The molecule has 0 amide bonds. The van der Waals surface area contributed by atoms with Crippen molar-refractivity contribution in [2.45, 2.75) is 123 Å². The number of aromatic nitrogens is 1. The molecule has 2 fully saturated rings. The number of thiazole rings is 1. The highest BCUT2D eigenvalue weighted by Crippen LogP contribution is 2.39. The third-order valence-electron chi connectivity index (χ3n) is 12.0. The Morgan fingerprint density at radius 3 is 2.34 bits per heavy atom. The number of fused-ring (bicyclic) bond motifs is 1. The molecular formula is C49H65N3O6S. The van der Waals surface area contributed by atoms with Crippen molar-refractivity contribution in [3.63, 3.8) is 0 Å². The van der Waals surface area contributed by atoms with Crippen LogP contribution in [0.3, 0.4) is 0 Å². The normalized spacial score (nSPS) is 19.2. The summed E-state index contributed by atoms with van der Waals surface area (Å²) in [5.41, 5.74) is 7.48. The molecule has 0 saturated heterocycles. The number of ether oxygens (including phenoxy) is 4. The fourth-order valence-corrected chi connectivity index (χ4v) is 9.45. The molecule has 1 N–H and O–H groups in total. The van der Waals surface area contributed by atoms with E-state index in [0.717, 1.165) is 67.0 Å². The van der Waals surface area contributed by atoms with E-state index < -0.39 is 5.97 Å². The van der Waals surface area contributed by atoms with E-state index in [0.29, 0.717) is 49.5 Å². The van der Waals surface area contributed by atoms with Crippen molar-refractivity contribution < 1.29 is 28.5 Å². The largest absolute Gasteiger partial charge is 0.493 e. The molecule has 2 saturated carbocycles. The Bertz CT molecular complexity index is 1860. The van der Waals surface area contributed by atoms with Gasteiger partial charge < -0.3 is 18.9 Å². The number of rotatable bonds is 23. The van der Waals surface area contributed by atoms with Crippen LogP contribution in [0.2, 0.25) is 0 Å². The van der Waals surface area contributed by atoms with Crippen molar-refractivity contribution in [1.82, 2.24) is 10.4 Å². The van der Waals surface area contributed by atoms with Crippen LogP contribution in [0.1, 0.15) is 127 Å². The second kappa shape index (κ2) is 23.4. The number of hydrogen-bond acceptors (Lipinski definition) is 10. The molecule has 6 rings (SSSR count). The van der Waals surface area contributed by atoms with Crippen LogP contribution in [0.15, 0.2) is 79.4 Å². The van der Waals surface area contributed by atoms with Crippen molar-refractivity contribution in [3.8, 4) is 17.2 Å². The number of benzene rings is 3. The van der Waals surface area contributed by atoms with Gasteiger partial charge in [0.25, 0.3) is 0 Å². The van der Waals surface area contributed by atoms with Crippen molar-refractivity contribution in [2.24, 2.45) is 17.8 Å². The van der Waals surface area contributed by atoms with Crippen molar-refractivity contribution in [2.75, 3.05) is 31.4 Å². The number of nitrogens with zero attached hydrogens (tertiary/aromatic N) is 2. The number of unbranched alkanes of at least 4 members (excludes halogenated alkanes) is 3. The number of nitrogens with one attached hydrogen (secondary N) is 1. The quantitative estimate of drug-likeness (QED) is 0.0258. The summed E-state index contributed by atoms with van der Waals surface area (Å²) in [6, 6.07) is 22.4. The van der Waals surface area contributed by atoms with E-state index in [9.17, 15) is 9.59 Å². The number of hydrazine groups is 1. The Morgan fingerprint density at radius 1 is 0.831 bits per heavy atom. The summed E-state index contributed by atoms with van der Waals surface area (Å²) < 4.78 is 24.4. The first-order valence-corrected chi connectivity index (χ1v) is 23.1. The van der Waals surface area contributed by atoms with Gasteiger partial charge in [-0.1, -0.05) is 88.1 Å². The van der Waals surface area contributed by atoms with Crippen LogP contribution in [-0.4, -0.2) is 43.3 Å². The summed E-state index contributed by atoms with van der Waals surface area (Å²) in [5.74, 6) is 3.22. The van der Waals surface area contributed by atoms with Crippen LogP contribution in [0, 0.1) is 17.8 Å². The SMILES string of the molecule is C=CC(=O)OCCCOc1ccc(OC(=O)C2CCC(COc3ccc(C4CCC(CCC)CC4)cc3CNN(CCCCCC)c3nc4ccccc4s3)CC2)cc1. The molecule has 0 bridgehead atoms. The Kier molecular flexibility index (Phi) is 17.5. The molecule has 3 aromatic carbocycles. The lowest BCUT2D eigenvalue weighted by atomic mass is 9.77. The van der Waals surface area contributed by atoms with E-state index >= 15 is 0 Å². The summed E-state index contributed by atoms with van der Waals surface area (Å²) in [6.07, 6.45) is 17.7. The van der Waals surface area contributed by atoms with Gasteiger partial charge in [0.15, 0.2) is 0 Å². The number of esters is 2. The highest BCUT2D eigenvalue weighted by atomic mass is 32.1. The molecule has 2 aliphatic rings. The molecule has 2 aliphatic carbocycles. The molecule has 9 nitrogen and oxygen atoms in total. The minimum absolute atomic E-state index is 0.127. The molecular weight excluding hydrogens is 759 g/mol. The van der Waals surface area contributed by atoms with Crippen LogP contribution in [0.5, 0.6) is 17.2 Å². The maximum Gasteiger partial charge on any atom is 0.330 e. The van der Waals surface area contributed by atoms with Crippen LogP contribution >= 0.6 is 11.3 Å². The lowest BCUT2D eigenvalue weighted by Crippen LogP contribution is -2.38. The predicted octanol–water partition coefficient (Wildman–Crippen LogP) is 11.8. The third kappa shape index (κ3) is 13.6. The Labute approximate surface area is 355 Å². The van der Waals surface area contributed by atoms with Gasteiger partial charge in [-0.25, -0.2) is 15.2 Å². The summed E-state index contributed by atoms with van der Waals surface area (Å²) in [4.78, 5) is 29.3. The molecule has 4 aromatic rings. The van der Waals surface area contributed by atoms with Crippen LogP contribution in [0.4, 0.5) is 5.13 Å². The second-order valence-electron chi connectivity index (χ2n) is 16.4. The molecule has 10 heteroatoms. The first-order valence-electron chi connectivity index (χ1n) is 22.3. The highest BCUT2D eigenvalue weighted by Gasteiger charge is 2.29. The molecule has 0 atom stereocenters. The summed E-state index contributed by atoms with van der Waals surface area (Å²) in [6.45, 7) is 10.8. The van der Waals surface area contributed by atoms with Crippen LogP contribution < -0.4 is 24.6 Å². The minimum atomic E-state index is -0.441. The van der Waals surface area contributed by atoms with E-state index in [2.05, 4.69) is 73.3 Å². The number of carbonyl (C=O) groups excluding carboxylic acids is 2. The van der Waals surface area contributed by atoms with Gasteiger partial charge in [-0.2, -0.15) is 0 Å². The number of hydrogen-bond donors (Lipinski definition) is 1. The van der Waals surface area contributed by atoms with E-state index in [1.807, 2.05) is 0 Å². The fraction of sp³-hybridized carbons (Fsp3) is 0.531. The van der Waals surface area contributed by atoms with Gasteiger partial charge in [-0.15, -0.1) is 0 Å². The number of anilines is 1. The zero-order valence-electron chi connectivity index (χ0n) is 35.3. The second-order valence-corrected chi connectivity index (χ2v) is 17.4. The van der Waals surface area contributed by atoms with Gasteiger partial charge >= 0.3 is 11.9 Å². The number of carbonyl (C=O) groups is 2. The maximum absolute atomic E-state index is 13.2. The first kappa shape index (κ1) is 44.2. The van der Waals surface area contributed by atoms with E-state index in [1.165, 1.54) is 73.6 Å². The third-order valence-corrected chi connectivity index (χ3v) is 13.0. The molecule has 0 radical (unpaired) electrons. The maximum atomic E-state index is 13.2.